The highest BCUT2D eigenvalue weighted by Crippen LogP contribution is 2.03. The molecule has 0 aliphatic rings. The maximum absolute atomic E-state index is 11.2. The molecule has 0 saturated heterocycles. The average Bonchev–Trinajstić information content (AvgIpc) is 2.29. The maximum atomic E-state index is 11.2. The van der Waals surface area contributed by atoms with Crippen LogP contribution in [-0.4, -0.2) is 19.5 Å². The molecule has 1 aromatic rings. The minimum absolute atomic E-state index is 0.0413. The van der Waals surface area contributed by atoms with E-state index in [-0.39, 0.29) is 5.78 Å². The highest BCUT2D eigenvalue weighted by atomic mass is 16.5. The number of carbonyl (C=O) groups excluding carboxylic acids is 1. The largest absolute Gasteiger partial charge is 0.380 e. The molecule has 0 fully saturated rings. The van der Waals surface area contributed by atoms with E-state index < -0.39 is 0 Å². The Bertz CT molecular complexity index is 388. The second-order valence-corrected chi connectivity index (χ2v) is 3.45. The number of ether oxygens (including phenoxy) is 1. The summed E-state index contributed by atoms with van der Waals surface area (Å²) in [6.07, 6.45) is 5.61. The van der Waals surface area contributed by atoms with Gasteiger partial charge in [-0.2, -0.15) is 0 Å². The molecule has 1 rings (SSSR count). The molecule has 2 nitrogen and oxygen atoms in total. The van der Waals surface area contributed by atoms with E-state index in [4.69, 9.17) is 4.74 Å². The first-order valence-corrected chi connectivity index (χ1v) is 5.16. The molecule has 0 amide bonds. The summed E-state index contributed by atoms with van der Waals surface area (Å²) in [4.78, 5) is 11.2. The number of allylic oxidation sites excluding steroid dienone is 2. The van der Waals surface area contributed by atoms with Gasteiger partial charge in [-0.25, -0.2) is 0 Å². The van der Waals surface area contributed by atoms with Crippen molar-refractivity contribution in [3.05, 3.63) is 53.6 Å². The molecule has 0 atom stereocenters. The molecule has 0 unspecified atom stereocenters. The first kappa shape index (κ1) is 12.4. The van der Waals surface area contributed by atoms with Crippen LogP contribution in [0.3, 0.4) is 0 Å². The van der Waals surface area contributed by atoms with Gasteiger partial charge in [-0.05, 0) is 12.5 Å². The van der Waals surface area contributed by atoms with Crippen molar-refractivity contribution in [3.63, 3.8) is 0 Å². The lowest BCUT2D eigenvalue weighted by molar-refractivity contribution is -0.114. The third-order valence-corrected chi connectivity index (χ3v) is 2.14. The minimum Gasteiger partial charge on any atom is -0.380 e. The maximum Gasteiger partial charge on any atom is 0.158 e. The normalized spacial score (nSPS) is 12.0. The van der Waals surface area contributed by atoms with E-state index in [1.807, 2.05) is 42.5 Å². The number of hydrogen-bond acceptors (Lipinski definition) is 2. The number of rotatable bonds is 5. The number of benzene rings is 1. The predicted octanol–water partition coefficient (Wildman–Crippen LogP) is 2.86. The minimum atomic E-state index is 0.0413. The molecule has 1 aromatic carbocycles. The van der Waals surface area contributed by atoms with E-state index in [0.29, 0.717) is 12.2 Å². The van der Waals surface area contributed by atoms with Gasteiger partial charge in [0, 0.05) is 12.7 Å². The molecule has 0 spiro atoms. The van der Waals surface area contributed by atoms with E-state index in [1.165, 1.54) is 0 Å². The SMILES string of the molecule is COC/C(=C\C=C\c1ccccc1)C(C)=O. The van der Waals surface area contributed by atoms with E-state index in [1.54, 1.807) is 20.1 Å². The first-order chi connectivity index (χ1) is 7.74. The third kappa shape index (κ3) is 4.24. The van der Waals surface area contributed by atoms with Gasteiger partial charge in [0.05, 0.1) is 6.61 Å². The van der Waals surface area contributed by atoms with Gasteiger partial charge in [0.25, 0.3) is 0 Å². The molecular formula is C14H16O2. The van der Waals surface area contributed by atoms with Crippen molar-refractivity contribution in [3.8, 4) is 0 Å². The number of methoxy groups -OCH3 is 1. The Hall–Kier alpha value is -1.67. The van der Waals surface area contributed by atoms with Gasteiger partial charge >= 0.3 is 0 Å². The van der Waals surface area contributed by atoms with Crippen LogP contribution in [0.2, 0.25) is 0 Å². The molecule has 0 aliphatic heterocycles. The Morgan fingerprint density at radius 1 is 1.31 bits per heavy atom. The van der Waals surface area contributed by atoms with Crippen LogP contribution in [0, 0.1) is 0 Å². The second-order valence-electron chi connectivity index (χ2n) is 3.45. The van der Waals surface area contributed by atoms with E-state index >= 15 is 0 Å². The number of ketones is 1. The zero-order chi connectivity index (χ0) is 11.8. The molecule has 2 heteroatoms. The molecule has 84 valence electrons. The summed E-state index contributed by atoms with van der Waals surface area (Å²) in [6, 6.07) is 9.94. The van der Waals surface area contributed by atoms with Gasteiger partial charge in [-0.1, -0.05) is 48.6 Å². The standard InChI is InChI=1S/C14H16O2/c1-12(15)14(11-16-2)10-6-9-13-7-4-3-5-8-13/h3-10H,11H2,1-2H3/b9-6+,14-10+. The Balaban J connectivity index is 2.70. The van der Waals surface area contributed by atoms with Crippen LogP contribution < -0.4 is 0 Å². The van der Waals surface area contributed by atoms with Gasteiger partial charge in [0.2, 0.25) is 0 Å². The molecular weight excluding hydrogens is 200 g/mol. The van der Waals surface area contributed by atoms with Gasteiger partial charge in [-0.15, -0.1) is 0 Å². The lowest BCUT2D eigenvalue weighted by atomic mass is 10.1. The van der Waals surface area contributed by atoms with Crippen LogP contribution in [0.25, 0.3) is 6.08 Å². The Morgan fingerprint density at radius 2 is 2.00 bits per heavy atom. The molecule has 0 aromatic heterocycles. The van der Waals surface area contributed by atoms with Crippen LogP contribution in [0.4, 0.5) is 0 Å². The molecule has 16 heavy (non-hydrogen) atoms. The van der Waals surface area contributed by atoms with Gasteiger partial charge < -0.3 is 4.74 Å². The molecule has 0 heterocycles. The zero-order valence-corrected chi connectivity index (χ0v) is 9.64. The van der Waals surface area contributed by atoms with Crippen molar-refractivity contribution in [2.75, 3.05) is 13.7 Å². The van der Waals surface area contributed by atoms with Crippen LogP contribution in [0.1, 0.15) is 12.5 Å². The highest BCUT2D eigenvalue weighted by Gasteiger charge is 2.00. The van der Waals surface area contributed by atoms with Crippen LogP contribution in [0.15, 0.2) is 48.1 Å². The van der Waals surface area contributed by atoms with Crippen LogP contribution in [0.5, 0.6) is 0 Å². The summed E-state index contributed by atoms with van der Waals surface area (Å²) in [7, 11) is 1.58. The third-order valence-electron chi connectivity index (χ3n) is 2.14. The lowest BCUT2D eigenvalue weighted by Gasteiger charge is -1.99. The summed E-state index contributed by atoms with van der Waals surface area (Å²) < 4.78 is 4.95. The first-order valence-electron chi connectivity index (χ1n) is 5.16. The molecule has 0 bridgehead atoms. The van der Waals surface area contributed by atoms with Crippen LogP contribution in [-0.2, 0) is 9.53 Å². The van der Waals surface area contributed by atoms with E-state index in [0.717, 1.165) is 5.56 Å². The lowest BCUT2D eigenvalue weighted by Crippen LogP contribution is -2.03. The zero-order valence-electron chi connectivity index (χ0n) is 9.64. The summed E-state index contributed by atoms with van der Waals surface area (Å²) in [6.45, 7) is 1.90. The summed E-state index contributed by atoms with van der Waals surface area (Å²) in [5, 5.41) is 0. The molecule has 0 N–H and O–H groups in total. The van der Waals surface area contributed by atoms with Crippen molar-refractivity contribution in [2.24, 2.45) is 0 Å². The van der Waals surface area contributed by atoms with Crippen molar-refractivity contribution in [1.82, 2.24) is 0 Å². The fourth-order valence-corrected chi connectivity index (χ4v) is 1.26. The van der Waals surface area contributed by atoms with Gasteiger partial charge in [0.15, 0.2) is 5.78 Å². The Kier molecular flexibility index (Phi) is 5.23. The van der Waals surface area contributed by atoms with Gasteiger partial charge in [-0.3, -0.25) is 4.79 Å². The Morgan fingerprint density at radius 3 is 2.56 bits per heavy atom. The fraction of sp³-hybridized carbons (Fsp3) is 0.214. The smallest absolute Gasteiger partial charge is 0.158 e. The summed E-state index contributed by atoms with van der Waals surface area (Å²) in [5.41, 5.74) is 1.79. The second kappa shape index (κ2) is 6.75. The fourth-order valence-electron chi connectivity index (χ4n) is 1.26. The monoisotopic (exact) mass is 216 g/mol. The molecule has 0 radical (unpaired) electrons. The number of hydrogen-bond donors (Lipinski definition) is 0. The van der Waals surface area contributed by atoms with Crippen LogP contribution >= 0.6 is 0 Å². The molecule has 0 aliphatic carbocycles. The van der Waals surface area contributed by atoms with E-state index in [9.17, 15) is 4.79 Å². The number of Topliss-reactive ketones (excluding diaryl/α,β-unsaturated/α-hetero) is 1. The summed E-state index contributed by atoms with van der Waals surface area (Å²) >= 11 is 0. The quantitative estimate of drug-likeness (QED) is 0.559. The molecule has 0 saturated carbocycles. The summed E-state index contributed by atoms with van der Waals surface area (Å²) in [5.74, 6) is 0.0413. The average molecular weight is 216 g/mol. The van der Waals surface area contributed by atoms with Crippen molar-refractivity contribution >= 4 is 11.9 Å². The van der Waals surface area contributed by atoms with Crippen molar-refractivity contribution in [1.29, 1.82) is 0 Å². The highest BCUT2D eigenvalue weighted by molar-refractivity contribution is 5.93. The van der Waals surface area contributed by atoms with Gasteiger partial charge in [0.1, 0.15) is 0 Å². The topological polar surface area (TPSA) is 26.3 Å². The number of carbonyl (C=O) groups is 1. The van der Waals surface area contributed by atoms with Crippen molar-refractivity contribution < 1.29 is 9.53 Å². The van der Waals surface area contributed by atoms with E-state index in [2.05, 4.69) is 0 Å². The van der Waals surface area contributed by atoms with Crippen molar-refractivity contribution in [2.45, 2.75) is 6.92 Å². The Labute approximate surface area is 96.2 Å². The predicted molar refractivity (Wildman–Crippen MR) is 66.1 cm³/mol.